The molecule has 0 bridgehead atoms. The number of halogens is 2. The fraction of sp³-hybridized carbons (Fsp3) is 0.571. The van der Waals surface area contributed by atoms with Gasteiger partial charge in [-0.1, -0.05) is 76.0 Å². The second kappa shape index (κ2) is 7.10. The van der Waals surface area contributed by atoms with Gasteiger partial charge in [-0.2, -0.15) is 0 Å². The second-order valence-electron chi connectivity index (χ2n) is 4.59. The van der Waals surface area contributed by atoms with Gasteiger partial charge in [0, 0.05) is 8.40 Å². The lowest BCUT2D eigenvalue weighted by molar-refractivity contribution is 0.0374. The highest BCUT2D eigenvalue weighted by atomic mass is 127. The summed E-state index contributed by atoms with van der Waals surface area (Å²) in [5.41, 5.74) is 1.25. The Balaban J connectivity index is 1.90. The Morgan fingerprint density at radius 2 is 1.94 bits per heavy atom. The number of alkyl halides is 1. The molecule has 0 spiro atoms. The van der Waals surface area contributed by atoms with Crippen LogP contribution in [0.4, 0.5) is 0 Å². The van der Waals surface area contributed by atoms with Crippen molar-refractivity contribution in [3.05, 3.63) is 34.3 Å². The molecule has 17 heavy (non-hydrogen) atoms. The van der Waals surface area contributed by atoms with Crippen molar-refractivity contribution < 1.29 is 4.74 Å². The highest BCUT2D eigenvalue weighted by Gasteiger charge is 2.21. The van der Waals surface area contributed by atoms with Crippen LogP contribution >= 0.6 is 38.5 Å². The van der Waals surface area contributed by atoms with Gasteiger partial charge in [0.15, 0.2) is 0 Å². The Labute approximate surface area is 126 Å². The molecule has 2 rings (SSSR count). The van der Waals surface area contributed by atoms with E-state index in [-0.39, 0.29) is 0 Å². The van der Waals surface area contributed by atoms with E-state index in [1.807, 2.05) is 6.07 Å². The first-order chi connectivity index (χ1) is 8.27. The molecule has 0 aromatic heterocycles. The molecule has 1 aromatic rings. The molecule has 0 saturated heterocycles. The Kier molecular flexibility index (Phi) is 5.77. The first kappa shape index (κ1) is 13.8. The molecule has 0 aliphatic heterocycles. The van der Waals surface area contributed by atoms with Crippen molar-refractivity contribution in [1.82, 2.24) is 0 Å². The van der Waals surface area contributed by atoms with Gasteiger partial charge in [0.25, 0.3) is 0 Å². The van der Waals surface area contributed by atoms with E-state index < -0.39 is 0 Å². The lowest BCUT2D eigenvalue weighted by Crippen LogP contribution is -2.22. The van der Waals surface area contributed by atoms with Gasteiger partial charge in [-0.25, -0.2) is 0 Å². The lowest BCUT2D eigenvalue weighted by Gasteiger charge is -2.21. The molecule has 1 nitrogen and oxygen atoms in total. The summed E-state index contributed by atoms with van der Waals surface area (Å²) in [7, 11) is 0. The molecule has 2 atom stereocenters. The van der Waals surface area contributed by atoms with Crippen LogP contribution < -0.4 is 0 Å². The highest BCUT2D eigenvalue weighted by molar-refractivity contribution is 14.1. The Hall–Kier alpha value is 0.390. The zero-order valence-electron chi connectivity index (χ0n) is 9.87. The van der Waals surface area contributed by atoms with E-state index in [1.165, 1.54) is 37.7 Å². The number of hydrogen-bond donors (Lipinski definition) is 0. The maximum atomic E-state index is 6.10. The van der Waals surface area contributed by atoms with E-state index in [0.717, 1.165) is 11.1 Å². The van der Waals surface area contributed by atoms with Crippen LogP contribution in [0.1, 0.15) is 37.7 Å². The van der Waals surface area contributed by atoms with E-state index in [0.29, 0.717) is 10.0 Å². The summed E-state index contributed by atoms with van der Waals surface area (Å²) in [5, 5.41) is 0. The van der Waals surface area contributed by atoms with Gasteiger partial charge in [-0.3, -0.25) is 0 Å². The summed E-state index contributed by atoms with van der Waals surface area (Å²) in [6, 6.07) is 8.31. The van der Waals surface area contributed by atoms with Crippen LogP contribution in [0.2, 0.25) is 0 Å². The minimum absolute atomic E-state index is 0.435. The third kappa shape index (κ3) is 4.21. The van der Waals surface area contributed by atoms with Crippen molar-refractivity contribution in [2.75, 3.05) is 0 Å². The maximum Gasteiger partial charge on any atom is 0.0732 e. The molecule has 0 amide bonds. The molecule has 0 heterocycles. The Morgan fingerprint density at radius 1 is 1.18 bits per heavy atom. The zero-order valence-corrected chi connectivity index (χ0v) is 13.6. The topological polar surface area (TPSA) is 9.23 Å². The van der Waals surface area contributed by atoms with Gasteiger partial charge in [-0.05, 0) is 24.5 Å². The van der Waals surface area contributed by atoms with Gasteiger partial charge in [0.05, 0.1) is 12.7 Å². The van der Waals surface area contributed by atoms with Crippen molar-refractivity contribution in [1.29, 1.82) is 0 Å². The molecule has 1 saturated carbocycles. The lowest BCUT2D eigenvalue weighted by atomic mass is 10.1. The molecule has 1 aliphatic carbocycles. The Morgan fingerprint density at radius 3 is 2.76 bits per heavy atom. The maximum absolute atomic E-state index is 6.10. The van der Waals surface area contributed by atoms with Crippen molar-refractivity contribution >= 4 is 38.5 Å². The van der Waals surface area contributed by atoms with E-state index in [9.17, 15) is 0 Å². The quantitative estimate of drug-likeness (QED) is 0.384. The molecule has 1 fully saturated rings. The second-order valence-corrected chi connectivity index (χ2v) is 7.05. The molecule has 1 aliphatic rings. The molecule has 1 aromatic carbocycles. The minimum Gasteiger partial charge on any atom is -0.372 e. The largest absolute Gasteiger partial charge is 0.372 e. The van der Waals surface area contributed by atoms with Crippen LogP contribution in [0.5, 0.6) is 0 Å². The van der Waals surface area contributed by atoms with Gasteiger partial charge >= 0.3 is 0 Å². The van der Waals surface area contributed by atoms with Crippen LogP contribution in [-0.4, -0.2) is 10.0 Å². The minimum atomic E-state index is 0.435. The summed E-state index contributed by atoms with van der Waals surface area (Å²) < 4.78 is 7.93. The highest BCUT2D eigenvalue weighted by Crippen LogP contribution is 2.27. The van der Waals surface area contributed by atoms with Crippen molar-refractivity contribution in [2.24, 2.45) is 0 Å². The fourth-order valence-corrected chi connectivity index (χ4v) is 3.64. The van der Waals surface area contributed by atoms with Crippen LogP contribution in [0.15, 0.2) is 28.7 Å². The fourth-order valence-electron chi connectivity index (χ4n) is 2.23. The predicted octanol–water partition coefficient (Wildman–Crippen LogP) is 5.10. The van der Waals surface area contributed by atoms with Crippen LogP contribution in [0, 0.1) is 0 Å². The molecule has 0 N–H and O–H groups in total. The van der Waals surface area contributed by atoms with Crippen molar-refractivity contribution in [2.45, 2.75) is 48.7 Å². The average molecular weight is 409 g/mol. The van der Waals surface area contributed by atoms with Crippen molar-refractivity contribution in [3.8, 4) is 0 Å². The van der Waals surface area contributed by atoms with E-state index in [2.05, 4.69) is 56.7 Å². The summed E-state index contributed by atoms with van der Waals surface area (Å²) in [6.45, 7) is 0.728. The molecular weight excluding hydrogens is 391 g/mol. The van der Waals surface area contributed by atoms with Gasteiger partial charge in [-0.15, -0.1) is 0 Å². The third-order valence-electron chi connectivity index (χ3n) is 3.28. The number of hydrogen-bond acceptors (Lipinski definition) is 1. The van der Waals surface area contributed by atoms with Gasteiger partial charge in [0.2, 0.25) is 0 Å². The smallest absolute Gasteiger partial charge is 0.0732 e. The monoisotopic (exact) mass is 408 g/mol. The molecule has 94 valence electrons. The first-order valence-corrected chi connectivity index (χ1v) is 8.30. The van der Waals surface area contributed by atoms with Crippen LogP contribution in [0.3, 0.4) is 0 Å². The number of ether oxygens (including phenoxy) is 1. The average Bonchev–Trinajstić information content (AvgIpc) is 2.53. The summed E-state index contributed by atoms with van der Waals surface area (Å²) >= 11 is 6.13. The SMILES string of the molecule is Brc1ccccc1COC1CCCCCC1I. The predicted molar refractivity (Wildman–Crippen MR) is 83.6 cm³/mol. The van der Waals surface area contributed by atoms with E-state index in [1.54, 1.807) is 0 Å². The standard InChI is InChI=1S/C14H18BrIO/c15-12-7-5-4-6-11(12)10-17-14-9-3-1-2-8-13(14)16/h4-7,13-14H,1-3,8-10H2. The zero-order chi connectivity index (χ0) is 12.1. The van der Waals surface area contributed by atoms with E-state index >= 15 is 0 Å². The molecule has 3 heteroatoms. The molecular formula is C14H18BrIO. The first-order valence-electron chi connectivity index (χ1n) is 6.26. The third-order valence-corrected chi connectivity index (χ3v) is 5.48. The summed E-state index contributed by atoms with van der Waals surface area (Å²) in [5.74, 6) is 0. The van der Waals surface area contributed by atoms with Crippen molar-refractivity contribution in [3.63, 3.8) is 0 Å². The molecule has 2 unspecified atom stereocenters. The van der Waals surface area contributed by atoms with Crippen LogP contribution in [-0.2, 0) is 11.3 Å². The molecule has 0 radical (unpaired) electrons. The number of benzene rings is 1. The normalized spacial score (nSPS) is 25.5. The van der Waals surface area contributed by atoms with Crippen LogP contribution in [0.25, 0.3) is 0 Å². The number of rotatable bonds is 3. The van der Waals surface area contributed by atoms with Gasteiger partial charge in [0.1, 0.15) is 0 Å². The van der Waals surface area contributed by atoms with E-state index in [4.69, 9.17) is 4.74 Å². The van der Waals surface area contributed by atoms with Gasteiger partial charge < -0.3 is 4.74 Å². The Bertz CT molecular complexity index is 356. The summed E-state index contributed by atoms with van der Waals surface area (Å²) in [6.07, 6.45) is 7.02. The summed E-state index contributed by atoms with van der Waals surface area (Å²) in [4.78, 5) is 0.